The molecule has 27 heavy (non-hydrogen) atoms. The van der Waals surface area contributed by atoms with E-state index in [1.54, 1.807) is 0 Å². The van der Waals surface area contributed by atoms with Gasteiger partial charge in [0.15, 0.2) is 0 Å². The Labute approximate surface area is 164 Å². The number of hydrogen-bond acceptors (Lipinski definition) is 5. The van der Waals surface area contributed by atoms with Crippen LogP contribution in [0.4, 0.5) is 5.13 Å². The van der Waals surface area contributed by atoms with Gasteiger partial charge in [-0.1, -0.05) is 68.9 Å². The molecule has 0 saturated carbocycles. The quantitative estimate of drug-likeness (QED) is 0.750. The van der Waals surface area contributed by atoms with E-state index >= 15 is 0 Å². The zero-order valence-electron chi connectivity index (χ0n) is 16.6. The van der Waals surface area contributed by atoms with Gasteiger partial charge in [-0.25, -0.2) is 0 Å². The molecule has 0 aliphatic carbocycles. The number of aromatic nitrogens is 2. The lowest BCUT2D eigenvalue weighted by molar-refractivity contribution is -0.124. The standard InChI is InChI=1S/C20H28N4O2S/c1-13-6-8-15(9-7-13)18-23-24-19(27-18)22-17(26)12-21-16(25)10-14(2)11-20(3,4)5/h6-9,14H,10-12H2,1-5H3,(H,21,25)(H,22,24,26)/t14-/m1/s1. The van der Waals surface area contributed by atoms with E-state index in [4.69, 9.17) is 0 Å². The van der Waals surface area contributed by atoms with Crippen molar-refractivity contribution in [2.24, 2.45) is 11.3 Å². The maximum absolute atomic E-state index is 12.0. The fraction of sp³-hybridized carbons (Fsp3) is 0.500. The number of nitrogens with one attached hydrogen (secondary N) is 2. The Bertz CT molecular complexity index is 778. The third-order valence-corrected chi connectivity index (χ3v) is 4.80. The Morgan fingerprint density at radius 3 is 2.41 bits per heavy atom. The first-order valence-electron chi connectivity index (χ1n) is 9.09. The van der Waals surface area contributed by atoms with E-state index in [9.17, 15) is 9.59 Å². The van der Waals surface area contributed by atoms with Crippen LogP contribution in [-0.2, 0) is 9.59 Å². The van der Waals surface area contributed by atoms with E-state index in [-0.39, 0.29) is 29.7 Å². The molecule has 0 unspecified atom stereocenters. The van der Waals surface area contributed by atoms with E-state index in [0.29, 0.717) is 11.6 Å². The van der Waals surface area contributed by atoms with Crippen LogP contribution in [0.3, 0.4) is 0 Å². The largest absolute Gasteiger partial charge is 0.347 e. The zero-order valence-corrected chi connectivity index (χ0v) is 17.4. The molecule has 2 N–H and O–H groups in total. The molecule has 0 aliphatic rings. The van der Waals surface area contributed by atoms with Crippen LogP contribution >= 0.6 is 11.3 Å². The highest BCUT2D eigenvalue weighted by atomic mass is 32.1. The van der Waals surface area contributed by atoms with Crippen LogP contribution in [0.5, 0.6) is 0 Å². The minimum Gasteiger partial charge on any atom is -0.347 e. The van der Waals surface area contributed by atoms with Crippen molar-refractivity contribution >= 4 is 28.3 Å². The fourth-order valence-electron chi connectivity index (χ4n) is 2.94. The monoisotopic (exact) mass is 388 g/mol. The molecule has 146 valence electrons. The van der Waals surface area contributed by atoms with Gasteiger partial charge in [0.25, 0.3) is 0 Å². The van der Waals surface area contributed by atoms with Crippen LogP contribution in [0.1, 0.15) is 46.1 Å². The lowest BCUT2D eigenvalue weighted by Gasteiger charge is -2.22. The number of aryl methyl sites for hydroxylation is 1. The van der Waals surface area contributed by atoms with Crippen molar-refractivity contribution in [3.8, 4) is 10.6 Å². The Morgan fingerprint density at radius 1 is 1.11 bits per heavy atom. The van der Waals surface area contributed by atoms with Gasteiger partial charge in [-0.3, -0.25) is 14.9 Å². The predicted molar refractivity (Wildman–Crippen MR) is 110 cm³/mol. The summed E-state index contributed by atoms with van der Waals surface area (Å²) in [5.41, 5.74) is 2.31. The second kappa shape index (κ2) is 9.08. The molecule has 0 fully saturated rings. The SMILES string of the molecule is Cc1ccc(-c2nnc(NC(=O)CNC(=O)C[C@@H](C)CC(C)(C)C)s2)cc1. The number of benzene rings is 1. The molecule has 1 heterocycles. The maximum atomic E-state index is 12.0. The van der Waals surface area contributed by atoms with Crippen LogP contribution in [0.25, 0.3) is 10.6 Å². The van der Waals surface area contributed by atoms with Gasteiger partial charge in [-0.2, -0.15) is 0 Å². The Hall–Kier alpha value is -2.28. The third kappa shape index (κ3) is 7.46. The van der Waals surface area contributed by atoms with E-state index in [1.165, 1.54) is 16.9 Å². The summed E-state index contributed by atoms with van der Waals surface area (Å²) in [7, 11) is 0. The number of rotatable bonds is 7. The van der Waals surface area contributed by atoms with E-state index < -0.39 is 0 Å². The van der Waals surface area contributed by atoms with Gasteiger partial charge >= 0.3 is 0 Å². The Balaban J connectivity index is 1.79. The minimum atomic E-state index is -0.307. The molecule has 0 aliphatic heterocycles. The normalized spacial score (nSPS) is 12.5. The molecule has 0 bridgehead atoms. The van der Waals surface area contributed by atoms with Crippen molar-refractivity contribution in [1.29, 1.82) is 0 Å². The Morgan fingerprint density at radius 2 is 1.78 bits per heavy atom. The third-order valence-electron chi connectivity index (χ3n) is 3.91. The van der Waals surface area contributed by atoms with Crippen LogP contribution in [0.2, 0.25) is 0 Å². The van der Waals surface area contributed by atoms with Crippen molar-refractivity contribution in [2.45, 2.75) is 47.5 Å². The molecule has 0 spiro atoms. The lowest BCUT2D eigenvalue weighted by atomic mass is 9.84. The zero-order chi connectivity index (χ0) is 20.0. The molecule has 6 nitrogen and oxygen atoms in total. The highest BCUT2D eigenvalue weighted by Crippen LogP contribution is 2.27. The van der Waals surface area contributed by atoms with Crippen LogP contribution < -0.4 is 10.6 Å². The van der Waals surface area contributed by atoms with Crippen LogP contribution in [0, 0.1) is 18.3 Å². The van der Waals surface area contributed by atoms with Gasteiger partial charge in [0.1, 0.15) is 5.01 Å². The molecule has 1 atom stereocenters. The van der Waals surface area contributed by atoms with Crippen molar-refractivity contribution in [3.63, 3.8) is 0 Å². The van der Waals surface area contributed by atoms with Gasteiger partial charge in [0, 0.05) is 12.0 Å². The van der Waals surface area contributed by atoms with E-state index in [1.807, 2.05) is 31.2 Å². The highest BCUT2D eigenvalue weighted by molar-refractivity contribution is 7.18. The summed E-state index contributed by atoms with van der Waals surface area (Å²) in [6.45, 7) is 10.5. The summed E-state index contributed by atoms with van der Waals surface area (Å²) in [4.78, 5) is 24.0. The average molecular weight is 389 g/mol. The second-order valence-electron chi connectivity index (χ2n) is 8.18. The van der Waals surface area contributed by atoms with Crippen molar-refractivity contribution < 1.29 is 9.59 Å². The van der Waals surface area contributed by atoms with Gasteiger partial charge in [-0.15, -0.1) is 10.2 Å². The molecule has 1 aromatic heterocycles. The van der Waals surface area contributed by atoms with Gasteiger partial charge in [0.05, 0.1) is 6.54 Å². The van der Waals surface area contributed by atoms with Crippen molar-refractivity contribution in [2.75, 3.05) is 11.9 Å². The molecule has 7 heteroatoms. The Kier molecular flexibility index (Phi) is 7.07. The molecule has 2 rings (SSSR count). The fourth-order valence-corrected chi connectivity index (χ4v) is 3.70. The topological polar surface area (TPSA) is 84.0 Å². The smallest absolute Gasteiger partial charge is 0.245 e. The molecule has 0 saturated heterocycles. The lowest BCUT2D eigenvalue weighted by Crippen LogP contribution is -2.33. The summed E-state index contributed by atoms with van der Waals surface area (Å²) >= 11 is 1.30. The highest BCUT2D eigenvalue weighted by Gasteiger charge is 2.18. The molecular formula is C20H28N4O2S. The molecule has 2 aromatic rings. The average Bonchev–Trinajstić information content (AvgIpc) is 3.00. The molecule has 0 radical (unpaired) electrons. The van der Waals surface area contributed by atoms with Crippen LogP contribution in [0.15, 0.2) is 24.3 Å². The summed E-state index contributed by atoms with van der Waals surface area (Å²) in [6, 6.07) is 7.96. The first-order valence-corrected chi connectivity index (χ1v) is 9.91. The number of carbonyl (C=O) groups is 2. The number of hydrogen-bond donors (Lipinski definition) is 2. The molecular weight excluding hydrogens is 360 g/mol. The van der Waals surface area contributed by atoms with Gasteiger partial charge in [0.2, 0.25) is 16.9 Å². The van der Waals surface area contributed by atoms with Crippen molar-refractivity contribution in [3.05, 3.63) is 29.8 Å². The maximum Gasteiger partial charge on any atom is 0.245 e. The number of anilines is 1. The number of amides is 2. The van der Waals surface area contributed by atoms with Gasteiger partial charge < -0.3 is 5.32 Å². The second-order valence-corrected chi connectivity index (χ2v) is 9.15. The summed E-state index contributed by atoms with van der Waals surface area (Å²) in [5, 5.41) is 14.6. The van der Waals surface area contributed by atoms with Crippen molar-refractivity contribution in [1.82, 2.24) is 15.5 Å². The van der Waals surface area contributed by atoms with Crippen LogP contribution in [-0.4, -0.2) is 28.6 Å². The summed E-state index contributed by atoms with van der Waals surface area (Å²) in [6.07, 6.45) is 1.38. The first-order chi connectivity index (χ1) is 12.6. The number of carbonyl (C=O) groups excluding carboxylic acids is 2. The minimum absolute atomic E-state index is 0.0689. The first kappa shape index (κ1) is 21.0. The summed E-state index contributed by atoms with van der Waals surface area (Å²) < 4.78 is 0. The van der Waals surface area contributed by atoms with E-state index in [2.05, 4.69) is 48.5 Å². The molecule has 1 aromatic carbocycles. The predicted octanol–water partition coefficient (Wildman–Crippen LogP) is 4.03. The molecule has 2 amide bonds. The number of nitrogens with zero attached hydrogens (tertiary/aromatic N) is 2. The summed E-state index contributed by atoms with van der Waals surface area (Å²) in [5.74, 6) is -0.147. The van der Waals surface area contributed by atoms with Gasteiger partial charge in [-0.05, 0) is 24.7 Å². The van der Waals surface area contributed by atoms with E-state index in [0.717, 1.165) is 17.0 Å².